The van der Waals surface area contributed by atoms with Crippen LogP contribution >= 0.6 is 11.3 Å². The van der Waals surface area contributed by atoms with Gasteiger partial charge >= 0.3 is 0 Å². The molecule has 1 N–H and O–H groups in total. The minimum Gasteiger partial charge on any atom is -0.348 e. The van der Waals surface area contributed by atoms with E-state index in [1.54, 1.807) is 0 Å². The Bertz CT molecular complexity index is 404. The number of hydrogen-bond acceptors (Lipinski definition) is 4. The summed E-state index contributed by atoms with van der Waals surface area (Å²) in [5.74, 6) is 0. The normalized spacial score (nSPS) is 20.6. The van der Waals surface area contributed by atoms with Gasteiger partial charge in [-0.1, -0.05) is 19.8 Å². The summed E-state index contributed by atoms with van der Waals surface area (Å²) < 4.78 is 0. The van der Waals surface area contributed by atoms with E-state index in [0.29, 0.717) is 0 Å². The number of aromatic nitrogens is 1. The SMILES string of the molecule is CCc1nc(N2CCCC2)sc1CNC1CCCC1. The predicted octanol–water partition coefficient (Wildman–Crippen LogP) is 3.34. The molecule has 0 amide bonds. The summed E-state index contributed by atoms with van der Waals surface area (Å²) in [5.41, 5.74) is 1.32. The van der Waals surface area contributed by atoms with Gasteiger partial charge in [-0.05, 0) is 32.1 Å². The fraction of sp³-hybridized carbons (Fsp3) is 0.800. The zero-order valence-electron chi connectivity index (χ0n) is 12.0. The maximum atomic E-state index is 4.86. The lowest BCUT2D eigenvalue weighted by atomic mass is 10.2. The van der Waals surface area contributed by atoms with Crippen LogP contribution in [0.4, 0.5) is 5.13 Å². The van der Waals surface area contributed by atoms with Crippen molar-refractivity contribution in [2.75, 3.05) is 18.0 Å². The molecule has 0 atom stereocenters. The molecule has 1 aliphatic heterocycles. The first-order valence-corrected chi connectivity index (χ1v) is 8.65. The van der Waals surface area contributed by atoms with Gasteiger partial charge in [-0.2, -0.15) is 0 Å². The van der Waals surface area contributed by atoms with Gasteiger partial charge in [0.2, 0.25) is 0 Å². The van der Waals surface area contributed by atoms with E-state index in [1.807, 2.05) is 11.3 Å². The fourth-order valence-electron chi connectivity index (χ4n) is 3.19. The average Bonchev–Trinajstić information content (AvgIpc) is 3.16. The molecule has 19 heavy (non-hydrogen) atoms. The van der Waals surface area contributed by atoms with Crippen LogP contribution in [0.25, 0.3) is 0 Å². The molecule has 2 fully saturated rings. The number of nitrogens with zero attached hydrogens (tertiary/aromatic N) is 2. The molecule has 0 bridgehead atoms. The van der Waals surface area contributed by atoms with E-state index >= 15 is 0 Å². The number of hydrogen-bond donors (Lipinski definition) is 1. The number of aryl methyl sites for hydroxylation is 1. The molecule has 1 saturated carbocycles. The number of nitrogens with one attached hydrogen (secondary N) is 1. The van der Waals surface area contributed by atoms with Gasteiger partial charge in [-0.25, -0.2) is 4.98 Å². The van der Waals surface area contributed by atoms with Crippen LogP contribution in [0.1, 0.15) is 56.0 Å². The highest BCUT2D eigenvalue weighted by Crippen LogP contribution is 2.29. The van der Waals surface area contributed by atoms with Crippen molar-refractivity contribution in [2.45, 2.75) is 64.5 Å². The molecule has 0 aromatic carbocycles. The van der Waals surface area contributed by atoms with Gasteiger partial charge in [0.1, 0.15) is 0 Å². The van der Waals surface area contributed by atoms with Crippen LogP contribution in [0.3, 0.4) is 0 Å². The van der Waals surface area contributed by atoms with E-state index in [-0.39, 0.29) is 0 Å². The Balaban J connectivity index is 1.65. The summed E-state index contributed by atoms with van der Waals surface area (Å²) in [6.07, 6.45) is 9.25. The maximum absolute atomic E-state index is 4.86. The van der Waals surface area contributed by atoms with Crippen LogP contribution in [0.2, 0.25) is 0 Å². The summed E-state index contributed by atoms with van der Waals surface area (Å²) in [7, 11) is 0. The second-order valence-corrected chi connectivity index (χ2v) is 6.84. The van der Waals surface area contributed by atoms with Crippen LogP contribution in [-0.2, 0) is 13.0 Å². The molecule has 1 aromatic heterocycles. The van der Waals surface area contributed by atoms with Crippen molar-refractivity contribution < 1.29 is 0 Å². The predicted molar refractivity (Wildman–Crippen MR) is 82.0 cm³/mol. The zero-order valence-corrected chi connectivity index (χ0v) is 12.8. The third-order valence-electron chi connectivity index (χ3n) is 4.38. The third kappa shape index (κ3) is 3.11. The summed E-state index contributed by atoms with van der Waals surface area (Å²) in [6, 6.07) is 0.752. The lowest BCUT2D eigenvalue weighted by Crippen LogP contribution is -2.25. The molecule has 0 radical (unpaired) electrons. The summed E-state index contributed by atoms with van der Waals surface area (Å²) in [5, 5.41) is 4.99. The maximum Gasteiger partial charge on any atom is 0.185 e. The largest absolute Gasteiger partial charge is 0.348 e. The Labute approximate surface area is 120 Å². The first-order chi connectivity index (χ1) is 9.36. The molecule has 3 rings (SSSR count). The van der Waals surface area contributed by atoms with Gasteiger partial charge in [0.15, 0.2) is 5.13 Å². The zero-order chi connectivity index (χ0) is 13.1. The third-order valence-corrected chi connectivity index (χ3v) is 5.54. The standard InChI is InChI=1S/C15H25N3S/c1-2-13-14(11-16-12-7-3-4-8-12)19-15(17-13)18-9-5-6-10-18/h12,16H,2-11H2,1H3. The summed E-state index contributed by atoms with van der Waals surface area (Å²) in [6.45, 7) is 5.65. The Kier molecular flexibility index (Phi) is 4.38. The molecule has 0 unspecified atom stereocenters. The molecule has 1 aromatic rings. The molecule has 2 aliphatic rings. The van der Waals surface area contributed by atoms with Crippen molar-refractivity contribution in [3.8, 4) is 0 Å². The van der Waals surface area contributed by atoms with Crippen LogP contribution < -0.4 is 10.2 Å². The van der Waals surface area contributed by atoms with E-state index in [9.17, 15) is 0 Å². The highest BCUT2D eigenvalue weighted by Gasteiger charge is 2.20. The Morgan fingerprint density at radius 1 is 1.21 bits per heavy atom. The molecule has 0 spiro atoms. The van der Waals surface area contributed by atoms with Crippen LogP contribution in [0.15, 0.2) is 0 Å². The topological polar surface area (TPSA) is 28.2 Å². The van der Waals surface area contributed by atoms with Crippen molar-refractivity contribution in [2.24, 2.45) is 0 Å². The first-order valence-electron chi connectivity index (χ1n) is 7.83. The molecule has 106 valence electrons. The average molecular weight is 279 g/mol. The molecule has 2 heterocycles. The lowest BCUT2D eigenvalue weighted by Gasteiger charge is -2.12. The van der Waals surface area contributed by atoms with E-state index in [2.05, 4.69) is 17.1 Å². The fourth-order valence-corrected chi connectivity index (χ4v) is 4.35. The monoisotopic (exact) mass is 279 g/mol. The van der Waals surface area contributed by atoms with E-state index in [4.69, 9.17) is 4.98 Å². The minimum absolute atomic E-state index is 0.752. The highest BCUT2D eigenvalue weighted by molar-refractivity contribution is 7.15. The van der Waals surface area contributed by atoms with Crippen molar-refractivity contribution in [1.82, 2.24) is 10.3 Å². The number of anilines is 1. The van der Waals surface area contributed by atoms with E-state index in [1.165, 1.54) is 67.3 Å². The van der Waals surface area contributed by atoms with E-state index in [0.717, 1.165) is 19.0 Å². The van der Waals surface area contributed by atoms with Gasteiger partial charge in [0, 0.05) is 30.6 Å². The highest BCUT2D eigenvalue weighted by atomic mass is 32.1. The Morgan fingerprint density at radius 2 is 1.95 bits per heavy atom. The second kappa shape index (κ2) is 6.23. The van der Waals surface area contributed by atoms with Crippen molar-refractivity contribution in [3.05, 3.63) is 10.6 Å². The van der Waals surface area contributed by atoms with E-state index < -0.39 is 0 Å². The van der Waals surface area contributed by atoms with Crippen LogP contribution in [0.5, 0.6) is 0 Å². The molecule has 1 aliphatic carbocycles. The quantitative estimate of drug-likeness (QED) is 0.896. The minimum atomic E-state index is 0.752. The Hall–Kier alpha value is -0.610. The summed E-state index contributed by atoms with van der Waals surface area (Å²) >= 11 is 1.92. The van der Waals surface area contributed by atoms with Gasteiger partial charge in [0.05, 0.1) is 5.69 Å². The van der Waals surface area contributed by atoms with Crippen LogP contribution in [-0.4, -0.2) is 24.1 Å². The van der Waals surface area contributed by atoms with Crippen molar-refractivity contribution in [3.63, 3.8) is 0 Å². The first kappa shape index (κ1) is 13.4. The van der Waals surface area contributed by atoms with Gasteiger partial charge in [-0.15, -0.1) is 11.3 Å². The van der Waals surface area contributed by atoms with Gasteiger partial charge < -0.3 is 10.2 Å². The van der Waals surface area contributed by atoms with Crippen molar-refractivity contribution >= 4 is 16.5 Å². The van der Waals surface area contributed by atoms with Gasteiger partial charge in [0.25, 0.3) is 0 Å². The number of rotatable bonds is 5. The van der Waals surface area contributed by atoms with Gasteiger partial charge in [-0.3, -0.25) is 0 Å². The lowest BCUT2D eigenvalue weighted by molar-refractivity contribution is 0.525. The Morgan fingerprint density at radius 3 is 2.63 bits per heavy atom. The summed E-state index contributed by atoms with van der Waals surface area (Å²) in [4.78, 5) is 8.79. The second-order valence-electron chi connectivity index (χ2n) is 5.78. The number of thiazole rings is 1. The molecule has 3 nitrogen and oxygen atoms in total. The van der Waals surface area contributed by atoms with Crippen molar-refractivity contribution in [1.29, 1.82) is 0 Å². The molecular weight excluding hydrogens is 254 g/mol. The molecular formula is C15H25N3S. The van der Waals surface area contributed by atoms with Crippen LogP contribution in [0, 0.1) is 0 Å². The molecule has 1 saturated heterocycles. The smallest absolute Gasteiger partial charge is 0.185 e. The molecule has 4 heteroatoms.